The summed E-state index contributed by atoms with van der Waals surface area (Å²) >= 11 is 0. The molecule has 0 radical (unpaired) electrons. The number of hydrogen-bond acceptors (Lipinski definition) is 6. The van der Waals surface area contributed by atoms with E-state index >= 15 is 0 Å². The molecular formula is C23H38N4O3. The molecule has 168 valence electrons. The molecule has 0 saturated heterocycles. The molecule has 3 N–H and O–H groups in total. The average molecular weight is 419 g/mol. The Bertz CT molecular complexity index is 730. The summed E-state index contributed by atoms with van der Waals surface area (Å²) in [7, 11) is 5.68. The lowest BCUT2D eigenvalue weighted by atomic mass is 9.87. The Morgan fingerprint density at radius 3 is 2.40 bits per heavy atom. The highest BCUT2D eigenvalue weighted by molar-refractivity contribution is 6.01. The summed E-state index contributed by atoms with van der Waals surface area (Å²) < 4.78 is 5.22. The van der Waals surface area contributed by atoms with E-state index < -0.39 is 5.97 Å². The second-order valence-electron chi connectivity index (χ2n) is 7.99. The topological polar surface area (TPSA) is 88.9 Å². The molecular weight excluding hydrogens is 380 g/mol. The minimum atomic E-state index is -0.916. The van der Waals surface area contributed by atoms with Crippen LogP contribution in [0.5, 0.6) is 0 Å². The number of nitrogens with one attached hydrogen (secondary N) is 2. The molecule has 0 unspecified atom stereocenters. The van der Waals surface area contributed by atoms with E-state index in [1.165, 1.54) is 6.21 Å². The Balaban J connectivity index is 2.37. The molecule has 1 aliphatic carbocycles. The summed E-state index contributed by atoms with van der Waals surface area (Å²) in [6.07, 6.45) is 6.32. The highest BCUT2D eigenvalue weighted by Crippen LogP contribution is 2.38. The highest BCUT2D eigenvalue weighted by atomic mass is 16.5. The largest absolute Gasteiger partial charge is 0.478 e. The Hall–Kier alpha value is -2.12. The van der Waals surface area contributed by atoms with Gasteiger partial charge in [0.25, 0.3) is 0 Å². The van der Waals surface area contributed by atoms with Gasteiger partial charge in [-0.1, -0.05) is 6.92 Å². The van der Waals surface area contributed by atoms with E-state index in [1.54, 1.807) is 20.2 Å². The molecule has 1 saturated carbocycles. The number of benzene rings is 1. The molecule has 0 atom stereocenters. The first kappa shape index (κ1) is 24.2. The van der Waals surface area contributed by atoms with Crippen molar-refractivity contribution in [3.05, 3.63) is 22.8 Å². The van der Waals surface area contributed by atoms with Crippen LogP contribution < -0.4 is 10.2 Å². The second-order valence-corrected chi connectivity index (χ2v) is 7.99. The summed E-state index contributed by atoms with van der Waals surface area (Å²) in [5.74, 6) is -0.916. The first-order valence-corrected chi connectivity index (χ1v) is 11.0. The number of aromatic carboxylic acids is 1. The molecule has 1 aromatic rings. The third kappa shape index (κ3) is 5.13. The number of anilines is 2. The zero-order valence-corrected chi connectivity index (χ0v) is 19.1. The van der Waals surface area contributed by atoms with Crippen molar-refractivity contribution >= 4 is 23.6 Å². The minimum absolute atomic E-state index is 0.328. The fraction of sp³-hybridized carbons (Fsp3) is 0.652. The number of carbonyl (C=O) groups is 1. The number of ether oxygens (including phenoxy) is 1. The first-order valence-electron chi connectivity index (χ1n) is 11.0. The van der Waals surface area contributed by atoms with Crippen molar-refractivity contribution in [1.82, 2.24) is 4.90 Å². The Morgan fingerprint density at radius 2 is 1.93 bits per heavy atom. The van der Waals surface area contributed by atoms with Crippen LogP contribution >= 0.6 is 0 Å². The van der Waals surface area contributed by atoms with Crippen LogP contribution in [0.2, 0.25) is 0 Å². The van der Waals surface area contributed by atoms with Crippen LogP contribution in [0.25, 0.3) is 0 Å². The number of carboxylic acids is 1. The molecule has 1 fully saturated rings. The summed E-state index contributed by atoms with van der Waals surface area (Å²) in [5, 5.41) is 21.0. The van der Waals surface area contributed by atoms with Crippen LogP contribution in [0.1, 0.15) is 61.0 Å². The van der Waals surface area contributed by atoms with Crippen LogP contribution in [0.4, 0.5) is 11.4 Å². The van der Waals surface area contributed by atoms with Crippen LogP contribution in [0, 0.1) is 5.41 Å². The maximum Gasteiger partial charge on any atom is 0.336 e. The quantitative estimate of drug-likeness (QED) is 0.475. The fourth-order valence-corrected chi connectivity index (χ4v) is 4.78. The second kappa shape index (κ2) is 11.3. The summed E-state index contributed by atoms with van der Waals surface area (Å²) in [4.78, 5) is 16.7. The summed E-state index contributed by atoms with van der Waals surface area (Å²) in [6, 6.07) is 2.57. The van der Waals surface area contributed by atoms with Crippen LogP contribution in [0.3, 0.4) is 0 Å². The summed E-state index contributed by atoms with van der Waals surface area (Å²) in [5.41, 5.74) is 3.53. The molecule has 0 heterocycles. The maximum absolute atomic E-state index is 12.0. The number of hydrogen-bond donors (Lipinski definition) is 3. The molecule has 1 aliphatic rings. The standard InChI is InChI=1S/C23H38N4O3/c1-6-18-19(23(28)29)14-21(25-3)20(15-24)22(18)27(7-2)17-10-8-16(9-11-17)26(4)12-13-30-5/h14-17,24-25H,6-13H2,1-5H3,(H,28,29). The molecule has 2 rings (SSSR count). The molecule has 0 aliphatic heterocycles. The molecule has 30 heavy (non-hydrogen) atoms. The Labute approximate surface area is 180 Å². The van der Waals surface area contributed by atoms with E-state index in [-0.39, 0.29) is 0 Å². The van der Waals surface area contributed by atoms with Gasteiger partial charge in [-0.2, -0.15) is 0 Å². The van der Waals surface area contributed by atoms with Crippen molar-refractivity contribution in [2.75, 3.05) is 51.1 Å². The van der Waals surface area contributed by atoms with Gasteiger partial charge in [-0.05, 0) is 57.7 Å². The van der Waals surface area contributed by atoms with E-state index in [1.807, 2.05) is 6.92 Å². The van der Waals surface area contributed by atoms with E-state index in [0.717, 1.165) is 62.2 Å². The fourth-order valence-electron chi connectivity index (χ4n) is 4.78. The lowest BCUT2D eigenvalue weighted by molar-refractivity contribution is 0.0695. The van der Waals surface area contributed by atoms with Gasteiger partial charge in [0.15, 0.2) is 0 Å². The lowest BCUT2D eigenvalue weighted by Crippen LogP contribution is -2.44. The van der Waals surface area contributed by atoms with E-state index in [4.69, 9.17) is 10.1 Å². The van der Waals surface area contributed by atoms with Crippen molar-refractivity contribution in [3.63, 3.8) is 0 Å². The molecule has 1 aromatic carbocycles. The predicted octanol–water partition coefficient (Wildman–Crippen LogP) is 3.70. The number of nitrogens with zero attached hydrogens (tertiary/aromatic N) is 2. The lowest BCUT2D eigenvalue weighted by Gasteiger charge is -2.42. The van der Waals surface area contributed by atoms with Gasteiger partial charge in [0.05, 0.1) is 17.9 Å². The van der Waals surface area contributed by atoms with E-state index in [9.17, 15) is 9.90 Å². The van der Waals surface area contributed by atoms with Gasteiger partial charge in [-0.3, -0.25) is 0 Å². The van der Waals surface area contributed by atoms with Crippen molar-refractivity contribution in [1.29, 1.82) is 5.41 Å². The van der Waals surface area contributed by atoms with Crippen LogP contribution in [-0.2, 0) is 11.2 Å². The first-order chi connectivity index (χ1) is 14.4. The third-order valence-corrected chi connectivity index (χ3v) is 6.45. The smallest absolute Gasteiger partial charge is 0.336 e. The Morgan fingerprint density at radius 1 is 1.30 bits per heavy atom. The van der Waals surface area contributed by atoms with Crippen LogP contribution in [0.15, 0.2) is 6.07 Å². The minimum Gasteiger partial charge on any atom is -0.478 e. The molecule has 7 heteroatoms. The van der Waals surface area contributed by atoms with Gasteiger partial charge in [0.2, 0.25) is 0 Å². The molecule has 0 spiro atoms. The van der Waals surface area contributed by atoms with Gasteiger partial charge in [-0.25, -0.2) is 4.79 Å². The van der Waals surface area contributed by atoms with E-state index in [0.29, 0.717) is 29.8 Å². The zero-order valence-electron chi connectivity index (χ0n) is 19.1. The van der Waals surface area contributed by atoms with Crippen molar-refractivity contribution in [2.45, 2.75) is 58.0 Å². The highest BCUT2D eigenvalue weighted by Gasteiger charge is 2.31. The monoisotopic (exact) mass is 418 g/mol. The number of carboxylic acid groups (broad SMARTS) is 1. The van der Waals surface area contributed by atoms with E-state index in [2.05, 4.69) is 29.1 Å². The number of rotatable bonds is 11. The Kier molecular flexibility index (Phi) is 9.11. The predicted molar refractivity (Wildman–Crippen MR) is 124 cm³/mol. The third-order valence-electron chi connectivity index (χ3n) is 6.45. The number of likely N-dealkylation sites (N-methyl/N-ethyl adjacent to an activating group) is 1. The van der Waals surface area contributed by atoms with Crippen LogP contribution in [-0.4, -0.2) is 75.2 Å². The molecule has 0 aromatic heterocycles. The number of methoxy groups -OCH3 is 1. The average Bonchev–Trinajstić information content (AvgIpc) is 2.77. The normalized spacial score (nSPS) is 19.0. The molecule has 0 bridgehead atoms. The van der Waals surface area contributed by atoms with Gasteiger partial charge >= 0.3 is 5.97 Å². The molecule has 0 amide bonds. The van der Waals surface area contributed by atoms with Gasteiger partial charge in [0, 0.05) is 56.8 Å². The van der Waals surface area contributed by atoms with Gasteiger partial charge in [0.1, 0.15) is 0 Å². The van der Waals surface area contributed by atoms with Gasteiger partial charge in [-0.15, -0.1) is 0 Å². The zero-order chi connectivity index (χ0) is 22.3. The van der Waals surface area contributed by atoms with Crippen molar-refractivity contribution in [3.8, 4) is 0 Å². The molecule has 7 nitrogen and oxygen atoms in total. The van der Waals surface area contributed by atoms with Crippen molar-refractivity contribution in [2.24, 2.45) is 0 Å². The van der Waals surface area contributed by atoms with Gasteiger partial charge < -0.3 is 30.4 Å². The maximum atomic E-state index is 12.0. The summed E-state index contributed by atoms with van der Waals surface area (Å²) in [6.45, 7) is 6.58. The van der Waals surface area contributed by atoms with Crippen molar-refractivity contribution < 1.29 is 14.6 Å². The SMILES string of the molecule is CCc1c(C(=O)O)cc(NC)c(C=N)c1N(CC)C1CCC(N(C)CCOC)CC1.